The van der Waals surface area contributed by atoms with Gasteiger partial charge in [0.25, 0.3) is 5.91 Å². The summed E-state index contributed by atoms with van der Waals surface area (Å²) in [6.45, 7) is 0. The molecule has 0 saturated heterocycles. The number of rotatable bonds is 6. The first-order valence-corrected chi connectivity index (χ1v) is 9.59. The number of ether oxygens (including phenoxy) is 1. The molecular weight excluding hydrogens is 356 g/mol. The van der Waals surface area contributed by atoms with E-state index >= 15 is 0 Å². The zero-order valence-electron chi connectivity index (χ0n) is 14.1. The smallest absolute Gasteiger partial charge is 0.268 e. The van der Waals surface area contributed by atoms with E-state index in [9.17, 15) is 18.0 Å². The van der Waals surface area contributed by atoms with E-state index in [1.54, 1.807) is 30.2 Å². The predicted octanol–water partition coefficient (Wildman–Crippen LogP) is 1.09. The highest BCUT2D eigenvalue weighted by atomic mass is 32.2. The first-order chi connectivity index (χ1) is 12.4. The van der Waals surface area contributed by atoms with Crippen molar-refractivity contribution in [3.05, 3.63) is 59.3 Å². The molecule has 0 heterocycles. The van der Waals surface area contributed by atoms with Gasteiger partial charge in [0, 0.05) is 11.7 Å². The third-order valence-corrected chi connectivity index (χ3v) is 5.60. The number of hydrogen-bond donors (Lipinski definition) is 2. The Morgan fingerprint density at radius 1 is 1.27 bits per heavy atom. The molecule has 1 amide bonds. The molecule has 0 radical (unpaired) electrons. The molecule has 8 heteroatoms. The quantitative estimate of drug-likeness (QED) is 0.723. The van der Waals surface area contributed by atoms with E-state index in [1.807, 2.05) is 4.72 Å². The number of carbonyl (C=O) groups is 1. The first-order valence-electron chi connectivity index (χ1n) is 8.05. The van der Waals surface area contributed by atoms with E-state index in [4.69, 9.17) is 4.74 Å². The molecule has 0 aromatic heterocycles. The maximum absolute atomic E-state index is 12.6. The number of allylic oxidation sites excluding steroid dienone is 2. The molecule has 1 aromatic carbocycles. The number of nitrogens with one attached hydrogen (secondary N) is 2. The lowest BCUT2D eigenvalue weighted by molar-refractivity contribution is 0.0978. The van der Waals surface area contributed by atoms with Crippen LogP contribution in [0, 0.1) is 0 Å². The molecular formula is C18H18N2O5S. The highest BCUT2D eigenvalue weighted by molar-refractivity contribution is 7.91. The monoisotopic (exact) mass is 374 g/mol. The van der Waals surface area contributed by atoms with Gasteiger partial charge in [-0.05, 0) is 37.1 Å². The van der Waals surface area contributed by atoms with E-state index in [0.29, 0.717) is 11.7 Å². The van der Waals surface area contributed by atoms with E-state index in [2.05, 4.69) is 5.32 Å². The van der Waals surface area contributed by atoms with Gasteiger partial charge in [-0.15, -0.1) is 0 Å². The van der Waals surface area contributed by atoms with Crippen LogP contribution in [0.25, 0.3) is 0 Å². The molecule has 0 spiro atoms. The summed E-state index contributed by atoms with van der Waals surface area (Å²) in [6.07, 6.45) is 6.49. The SMILES string of the molecule is COc1ccccc1C(=O)NS(=O)(=O)C1C=CC(NC2CC2)=CC1=C=O. The fourth-order valence-electron chi connectivity index (χ4n) is 2.58. The number of carbonyl (C=O) groups excluding carboxylic acids is 2. The third-order valence-electron chi connectivity index (χ3n) is 4.05. The highest BCUT2D eigenvalue weighted by Gasteiger charge is 2.32. The van der Waals surface area contributed by atoms with Crippen molar-refractivity contribution < 1.29 is 22.7 Å². The molecule has 1 unspecified atom stereocenters. The fourth-order valence-corrected chi connectivity index (χ4v) is 3.81. The van der Waals surface area contributed by atoms with Crippen LogP contribution < -0.4 is 14.8 Å². The van der Waals surface area contributed by atoms with Crippen molar-refractivity contribution in [3.63, 3.8) is 0 Å². The second kappa shape index (κ2) is 7.19. The van der Waals surface area contributed by atoms with Gasteiger partial charge in [0.05, 0.1) is 18.2 Å². The molecule has 7 nitrogen and oxygen atoms in total. The van der Waals surface area contributed by atoms with Crippen molar-refractivity contribution in [2.75, 3.05) is 7.11 Å². The van der Waals surface area contributed by atoms with Crippen LogP contribution in [-0.4, -0.2) is 38.7 Å². The second-order valence-corrected chi connectivity index (χ2v) is 7.83. The summed E-state index contributed by atoms with van der Waals surface area (Å²) >= 11 is 0. The molecule has 1 atom stereocenters. The summed E-state index contributed by atoms with van der Waals surface area (Å²) in [5, 5.41) is 1.90. The molecule has 3 rings (SSSR count). The molecule has 1 aromatic rings. The van der Waals surface area contributed by atoms with Crippen molar-refractivity contribution >= 4 is 21.9 Å². The fraction of sp³-hybridized carbons (Fsp3) is 0.278. The lowest BCUT2D eigenvalue weighted by Gasteiger charge is -2.19. The maximum Gasteiger partial charge on any atom is 0.268 e. The van der Waals surface area contributed by atoms with Crippen LogP contribution in [0.15, 0.2) is 53.8 Å². The van der Waals surface area contributed by atoms with Gasteiger partial charge in [0.1, 0.15) is 16.9 Å². The zero-order valence-corrected chi connectivity index (χ0v) is 14.9. The number of methoxy groups -OCH3 is 1. The van der Waals surface area contributed by atoms with E-state index in [0.717, 1.165) is 12.8 Å². The van der Waals surface area contributed by atoms with Gasteiger partial charge in [-0.2, -0.15) is 0 Å². The van der Waals surface area contributed by atoms with E-state index < -0.39 is 21.2 Å². The van der Waals surface area contributed by atoms with Gasteiger partial charge in [-0.25, -0.2) is 17.9 Å². The molecule has 2 aliphatic carbocycles. The lowest BCUT2D eigenvalue weighted by atomic mass is 10.1. The first kappa shape index (κ1) is 18.0. The van der Waals surface area contributed by atoms with Crippen molar-refractivity contribution in [1.82, 2.24) is 10.0 Å². The van der Waals surface area contributed by atoms with Crippen molar-refractivity contribution in [3.8, 4) is 5.75 Å². The Labute approximate surface area is 151 Å². The molecule has 26 heavy (non-hydrogen) atoms. The molecule has 1 saturated carbocycles. The summed E-state index contributed by atoms with van der Waals surface area (Å²) in [4.78, 5) is 23.6. The van der Waals surface area contributed by atoms with Gasteiger partial charge in [-0.3, -0.25) is 4.79 Å². The summed E-state index contributed by atoms with van der Waals surface area (Å²) in [7, 11) is -2.78. The van der Waals surface area contributed by atoms with Gasteiger partial charge in [0.2, 0.25) is 10.0 Å². The zero-order chi connectivity index (χ0) is 18.7. The average Bonchev–Trinajstić information content (AvgIpc) is 3.45. The Balaban J connectivity index is 1.79. The standard InChI is InChI=1S/C18H18N2O5S/c1-25-16-5-3-2-4-15(16)18(22)20-26(23,24)17-9-8-14(10-12(17)11-21)19-13-6-7-13/h2-5,8-10,13,17,19H,6-7H2,1H3,(H,20,22). The number of benzene rings is 1. The van der Waals surface area contributed by atoms with Gasteiger partial charge in [-0.1, -0.05) is 18.2 Å². The maximum atomic E-state index is 12.6. The van der Waals surface area contributed by atoms with Crippen LogP contribution in [0.3, 0.4) is 0 Å². The van der Waals surface area contributed by atoms with Gasteiger partial charge < -0.3 is 10.1 Å². The molecule has 1 fully saturated rings. The van der Waals surface area contributed by atoms with Crippen molar-refractivity contribution in [2.45, 2.75) is 24.1 Å². The van der Waals surface area contributed by atoms with Crippen LogP contribution >= 0.6 is 0 Å². The molecule has 0 bridgehead atoms. The van der Waals surface area contributed by atoms with Crippen molar-refractivity contribution in [1.29, 1.82) is 0 Å². The summed E-state index contributed by atoms with van der Waals surface area (Å²) in [6, 6.07) is 6.63. The van der Waals surface area contributed by atoms with Crippen LogP contribution in [0.4, 0.5) is 0 Å². The highest BCUT2D eigenvalue weighted by Crippen LogP contribution is 2.25. The Bertz CT molecular complexity index is 938. The van der Waals surface area contributed by atoms with Crippen LogP contribution in [0.1, 0.15) is 23.2 Å². The Hall–Kier alpha value is -2.83. The normalized spacial score (nSPS) is 19.3. The molecule has 2 N–H and O–H groups in total. The van der Waals surface area contributed by atoms with Gasteiger partial charge >= 0.3 is 0 Å². The Morgan fingerprint density at radius 2 is 2.00 bits per heavy atom. The van der Waals surface area contributed by atoms with E-state index in [1.165, 1.54) is 25.3 Å². The minimum absolute atomic E-state index is 0.0593. The van der Waals surface area contributed by atoms with Crippen LogP contribution in [0.2, 0.25) is 0 Å². The summed E-state index contributed by atoms with van der Waals surface area (Å²) in [5.41, 5.74) is 0.686. The molecule has 0 aliphatic heterocycles. The lowest BCUT2D eigenvalue weighted by Crippen LogP contribution is -2.39. The number of sulfonamides is 1. The molecule has 136 valence electrons. The summed E-state index contributed by atoms with van der Waals surface area (Å²) in [5.74, 6) is 1.09. The summed E-state index contributed by atoms with van der Waals surface area (Å²) < 4.78 is 32.3. The minimum atomic E-state index is -4.17. The minimum Gasteiger partial charge on any atom is -0.496 e. The third kappa shape index (κ3) is 3.87. The average molecular weight is 374 g/mol. The largest absolute Gasteiger partial charge is 0.496 e. The van der Waals surface area contributed by atoms with Crippen molar-refractivity contribution in [2.24, 2.45) is 0 Å². The molecule has 2 aliphatic rings. The Kier molecular flexibility index (Phi) is 4.97. The number of amides is 1. The Morgan fingerprint density at radius 3 is 2.65 bits per heavy atom. The van der Waals surface area contributed by atoms with E-state index in [-0.39, 0.29) is 16.9 Å². The van der Waals surface area contributed by atoms with Crippen LogP contribution in [-0.2, 0) is 14.8 Å². The van der Waals surface area contributed by atoms with Crippen LogP contribution in [0.5, 0.6) is 5.75 Å². The topological polar surface area (TPSA) is 102 Å². The second-order valence-electron chi connectivity index (χ2n) is 6.03. The number of hydrogen-bond acceptors (Lipinski definition) is 6. The predicted molar refractivity (Wildman–Crippen MR) is 95.8 cm³/mol. The number of para-hydroxylation sites is 1. The van der Waals surface area contributed by atoms with Gasteiger partial charge in [0.15, 0.2) is 0 Å².